The molecular formula is C15H16ClN3O2. The van der Waals surface area contributed by atoms with Crippen molar-refractivity contribution >= 4 is 23.2 Å². The Morgan fingerprint density at radius 2 is 2.05 bits per heavy atom. The summed E-state index contributed by atoms with van der Waals surface area (Å²) in [5, 5.41) is 0.732. The minimum atomic E-state index is -0.102. The predicted molar refractivity (Wildman–Crippen MR) is 80.8 cm³/mol. The van der Waals surface area contributed by atoms with Crippen LogP contribution in [-0.4, -0.2) is 42.0 Å². The Balaban J connectivity index is 1.68. The van der Waals surface area contributed by atoms with Gasteiger partial charge in [-0.2, -0.15) is 0 Å². The van der Waals surface area contributed by atoms with Gasteiger partial charge in [-0.1, -0.05) is 17.7 Å². The summed E-state index contributed by atoms with van der Waals surface area (Å²) >= 11 is 6.07. The number of halogens is 1. The molecule has 0 radical (unpaired) electrons. The topological polar surface area (TPSA) is 49.6 Å². The molecule has 1 amide bonds. The van der Waals surface area contributed by atoms with E-state index in [2.05, 4.69) is 16.8 Å². The number of benzene rings is 1. The van der Waals surface area contributed by atoms with Gasteiger partial charge in [-0.15, -0.1) is 0 Å². The number of aromatic nitrogens is 1. The van der Waals surface area contributed by atoms with Crippen molar-refractivity contribution in [2.75, 3.05) is 31.1 Å². The summed E-state index contributed by atoms with van der Waals surface area (Å²) in [5.41, 5.74) is 2.32. The van der Waals surface area contributed by atoms with Crippen LogP contribution >= 0.6 is 11.6 Å². The van der Waals surface area contributed by atoms with Crippen LogP contribution < -0.4 is 4.90 Å². The van der Waals surface area contributed by atoms with Crippen LogP contribution in [0, 0.1) is 6.92 Å². The lowest BCUT2D eigenvalue weighted by Crippen LogP contribution is -2.48. The van der Waals surface area contributed by atoms with Gasteiger partial charge in [0.2, 0.25) is 5.76 Å². The Morgan fingerprint density at radius 3 is 2.71 bits per heavy atom. The minimum absolute atomic E-state index is 0.102. The molecule has 0 atom stereocenters. The van der Waals surface area contributed by atoms with E-state index in [0.717, 1.165) is 23.8 Å². The lowest BCUT2D eigenvalue weighted by molar-refractivity contribution is 0.0714. The van der Waals surface area contributed by atoms with Gasteiger partial charge in [0.05, 0.1) is 6.20 Å². The fourth-order valence-electron chi connectivity index (χ4n) is 2.55. The van der Waals surface area contributed by atoms with Gasteiger partial charge >= 0.3 is 0 Å². The largest absolute Gasteiger partial charge is 0.438 e. The number of nitrogens with zero attached hydrogens (tertiary/aromatic N) is 3. The molecule has 1 aliphatic heterocycles. The van der Waals surface area contributed by atoms with Crippen molar-refractivity contribution in [1.29, 1.82) is 0 Å². The molecule has 1 fully saturated rings. The number of amides is 1. The molecule has 5 nitrogen and oxygen atoms in total. The highest BCUT2D eigenvalue weighted by atomic mass is 35.5. The third-order valence-electron chi connectivity index (χ3n) is 3.72. The molecule has 0 aliphatic carbocycles. The Morgan fingerprint density at radius 1 is 1.29 bits per heavy atom. The van der Waals surface area contributed by atoms with Gasteiger partial charge in [-0.3, -0.25) is 4.79 Å². The van der Waals surface area contributed by atoms with E-state index in [-0.39, 0.29) is 5.91 Å². The summed E-state index contributed by atoms with van der Waals surface area (Å²) < 4.78 is 5.06. The molecule has 0 unspecified atom stereocenters. The van der Waals surface area contributed by atoms with E-state index in [1.54, 1.807) is 4.90 Å². The number of oxazole rings is 1. The van der Waals surface area contributed by atoms with Gasteiger partial charge in [0.1, 0.15) is 0 Å². The third kappa shape index (κ3) is 2.88. The summed E-state index contributed by atoms with van der Waals surface area (Å²) in [6.45, 7) is 4.94. The number of rotatable bonds is 2. The van der Waals surface area contributed by atoms with Gasteiger partial charge in [-0.25, -0.2) is 4.98 Å². The fourth-order valence-corrected chi connectivity index (χ4v) is 2.72. The molecule has 0 N–H and O–H groups in total. The van der Waals surface area contributed by atoms with Crippen LogP contribution in [0.5, 0.6) is 0 Å². The molecule has 1 aliphatic rings. The van der Waals surface area contributed by atoms with E-state index >= 15 is 0 Å². The molecule has 21 heavy (non-hydrogen) atoms. The monoisotopic (exact) mass is 305 g/mol. The van der Waals surface area contributed by atoms with Gasteiger partial charge in [0, 0.05) is 36.9 Å². The molecule has 1 saturated heterocycles. The Bertz CT molecular complexity index is 634. The normalized spacial score (nSPS) is 15.3. The summed E-state index contributed by atoms with van der Waals surface area (Å²) in [6.07, 6.45) is 2.73. The molecule has 2 heterocycles. The first kappa shape index (κ1) is 13.9. The quantitative estimate of drug-likeness (QED) is 0.856. The van der Waals surface area contributed by atoms with E-state index in [1.165, 1.54) is 18.2 Å². The van der Waals surface area contributed by atoms with Crippen molar-refractivity contribution in [3.8, 4) is 0 Å². The van der Waals surface area contributed by atoms with Crippen LogP contribution in [0.25, 0.3) is 0 Å². The van der Waals surface area contributed by atoms with Crippen LogP contribution in [-0.2, 0) is 0 Å². The highest BCUT2D eigenvalue weighted by molar-refractivity contribution is 6.30. The van der Waals surface area contributed by atoms with Crippen molar-refractivity contribution < 1.29 is 9.21 Å². The number of anilines is 1. The summed E-state index contributed by atoms with van der Waals surface area (Å²) in [6, 6.07) is 5.89. The number of aryl methyl sites for hydroxylation is 1. The smallest absolute Gasteiger partial charge is 0.291 e. The maximum atomic E-state index is 12.2. The first-order valence-electron chi connectivity index (χ1n) is 6.84. The van der Waals surface area contributed by atoms with E-state index in [9.17, 15) is 4.79 Å². The Hall–Kier alpha value is -2.01. The second-order valence-electron chi connectivity index (χ2n) is 5.08. The number of carbonyl (C=O) groups excluding carboxylic acids is 1. The predicted octanol–water partition coefficient (Wildman–Crippen LogP) is 2.60. The third-order valence-corrected chi connectivity index (χ3v) is 3.96. The van der Waals surface area contributed by atoms with Crippen molar-refractivity contribution in [2.24, 2.45) is 0 Å². The number of hydrogen-bond donors (Lipinski definition) is 0. The Kier molecular flexibility index (Phi) is 3.84. The molecule has 110 valence electrons. The Labute approximate surface area is 128 Å². The molecule has 0 bridgehead atoms. The molecule has 0 spiro atoms. The second kappa shape index (κ2) is 5.77. The first-order chi connectivity index (χ1) is 10.1. The molecule has 6 heteroatoms. The highest BCUT2D eigenvalue weighted by Gasteiger charge is 2.24. The fraction of sp³-hybridized carbons (Fsp3) is 0.333. The van der Waals surface area contributed by atoms with Crippen molar-refractivity contribution in [1.82, 2.24) is 9.88 Å². The summed E-state index contributed by atoms with van der Waals surface area (Å²) in [7, 11) is 0. The van der Waals surface area contributed by atoms with E-state index in [1.807, 2.05) is 18.2 Å². The van der Waals surface area contributed by atoms with E-state index < -0.39 is 0 Å². The zero-order chi connectivity index (χ0) is 14.8. The van der Waals surface area contributed by atoms with Gasteiger partial charge in [0.15, 0.2) is 6.39 Å². The van der Waals surface area contributed by atoms with Crippen LogP contribution in [0.2, 0.25) is 5.02 Å². The van der Waals surface area contributed by atoms with E-state index in [0.29, 0.717) is 18.8 Å². The highest BCUT2D eigenvalue weighted by Crippen LogP contribution is 2.25. The van der Waals surface area contributed by atoms with Gasteiger partial charge in [0.25, 0.3) is 5.91 Å². The van der Waals surface area contributed by atoms with Crippen LogP contribution in [0.3, 0.4) is 0 Å². The second-order valence-corrected chi connectivity index (χ2v) is 5.51. The van der Waals surface area contributed by atoms with E-state index in [4.69, 9.17) is 16.0 Å². The lowest BCUT2D eigenvalue weighted by Gasteiger charge is -2.36. The molecule has 3 rings (SSSR count). The molecule has 1 aromatic carbocycles. The molecular weight excluding hydrogens is 290 g/mol. The SMILES string of the molecule is Cc1ccc(Cl)cc1N1CCN(C(=O)c2cnco2)CC1. The van der Waals surface area contributed by atoms with Crippen LogP contribution in [0.15, 0.2) is 35.2 Å². The number of hydrogen-bond acceptors (Lipinski definition) is 4. The van der Waals surface area contributed by atoms with Gasteiger partial charge in [-0.05, 0) is 24.6 Å². The zero-order valence-electron chi connectivity index (χ0n) is 11.8. The lowest BCUT2D eigenvalue weighted by atomic mass is 10.1. The first-order valence-corrected chi connectivity index (χ1v) is 7.22. The molecule has 2 aromatic rings. The molecule has 0 saturated carbocycles. The van der Waals surface area contributed by atoms with Crippen LogP contribution in [0.4, 0.5) is 5.69 Å². The average molecular weight is 306 g/mol. The zero-order valence-corrected chi connectivity index (χ0v) is 12.5. The average Bonchev–Trinajstić information content (AvgIpc) is 3.03. The minimum Gasteiger partial charge on any atom is -0.438 e. The number of piperazine rings is 1. The maximum Gasteiger partial charge on any atom is 0.291 e. The molecule has 1 aromatic heterocycles. The van der Waals surface area contributed by atoms with Crippen molar-refractivity contribution in [3.05, 3.63) is 47.1 Å². The standard InChI is InChI=1S/C15H16ClN3O2/c1-11-2-3-12(16)8-13(11)18-4-6-19(7-5-18)15(20)14-9-17-10-21-14/h2-3,8-10H,4-7H2,1H3. The van der Waals surface area contributed by atoms with Crippen LogP contribution in [0.1, 0.15) is 16.1 Å². The summed E-state index contributed by atoms with van der Waals surface area (Å²) in [4.78, 5) is 20.0. The summed E-state index contributed by atoms with van der Waals surface area (Å²) in [5.74, 6) is 0.192. The van der Waals surface area contributed by atoms with Crippen molar-refractivity contribution in [3.63, 3.8) is 0 Å². The maximum absolute atomic E-state index is 12.2. The number of carbonyl (C=O) groups is 1. The van der Waals surface area contributed by atoms with Crippen molar-refractivity contribution in [2.45, 2.75) is 6.92 Å². The van der Waals surface area contributed by atoms with Gasteiger partial charge < -0.3 is 14.2 Å².